The summed E-state index contributed by atoms with van der Waals surface area (Å²) in [6.45, 7) is 0. The normalized spacial score (nSPS) is 9.11. The van der Waals surface area contributed by atoms with Crippen molar-refractivity contribution in [3.05, 3.63) is 65.2 Å². The summed E-state index contributed by atoms with van der Waals surface area (Å²) in [6, 6.07) is 15.9. The van der Waals surface area contributed by atoms with E-state index in [4.69, 9.17) is 6.42 Å². The molecule has 1 nitrogen and oxygen atoms in total. The molecular formula is C18H15N. The molecule has 0 atom stereocenters. The molecule has 0 saturated heterocycles. The van der Waals surface area contributed by atoms with Gasteiger partial charge in [-0.25, -0.2) is 0 Å². The van der Waals surface area contributed by atoms with E-state index in [0.29, 0.717) is 0 Å². The van der Waals surface area contributed by atoms with Crippen LogP contribution in [-0.2, 0) is 0 Å². The molecule has 0 spiro atoms. The van der Waals surface area contributed by atoms with Crippen molar-refractivity contribution in [1.82, 2.24) is 0 Å². The topological polar surface area (TPSA) is 3.24 Å². The number of hydrogen-bond acceptors (Lipinski definition) is 1. The molecule has 0 heterocycles. The van der Waals surface area contributed by atoms with Crippen molar-refractivity contribution in [2.24, 2.45) is 0 Å². The molecule has 0 aliphatic heterocycles. The Bertz CT molecular complexity index is 644. The molecular weight excluding hydrogens is 230 g/mol. The number of hydrogen-bond donors (Lipinski definition) is 0. The van der Waals surface area contributed by atoms with E-state index >= 15 is 0 Å². The molecule has 1 heteroatoms. The minimum atomic E-state index is 0.876. The minimum absolute atomic E-state index is 0.876. The molecule has 0 aromatic heterocycles. The van der Waals surface area contributed by atoms with Gasteiger partial charge in [0.2, 0.25) is 0 Å². The Kier molecular flexibility index (Phi) is 3.91. The highest BCUT2D eigenvalue weighted by molar-refractivity contribution is 5.51. The average Bonchev–Trinajstić information content (AvgIpc) is 2.46. The molecule has 0 aliphatic carbocycles. The molecule has 19 heavy (non-hydrogen) atoms. The Balaban J connectivity index is 2.17. The van der Waals surface area contributed by atoms with Gasteiger partial charge in [-0.15, -0.1) is 6.42 Å². The lowest BCUT2D eigenvalue weighted by Gasteiger charge is -2.11. The average molecular weight is 245 g/mol. The van der Waals surface area contributed by atoms with Crippen LogP contribution in [0.3, 0.4) is 0 Å². The third kappa shape index (κ3) is 3.41. The summed E-state index contributed by atoms with van der Waals surface area (Å²) in [5.41, 5.74) is 4.02. The molecule has 0 amide bonds. The smallest absolute Gasteiger partial charge is 0.0361 e. The molecule has 0 fully saturated rings. The van der Waals surface area contributed by atoms with E-state index in [1.54, 1.807) is 0 Å². The van der Waals surface area contributed by atoms with Crippen LogP contribution < -0.4 is 4.90 Å². The molecule has 2 aromatic carbocycles. The third-order valence-electron chi connectivity index (χ3n) is 2.79. The van der Waals surface area contributed by atoms with Crippen LogP contribution in [0.5, 0.6) is 0 Å². The lowest BCUT2D eigenvalue weighted by Crippen LogP contribution is -2.07. The van der Waals surface area contributed by atoms with Gasteiger partial charge in [0.1, 0.15) is 0 Å². The van der Waals surface area contributed by atoms with E-state index in [-0.39, 0.29) is 0 Å². The number of nitrogens with zero attached hydrogens (tertiary/aromatic N) is 1. The SMILES string of the molecule is C#Cc1ccc(C#Cc2ccc(N(C)C)cc2)cc1. The first-order valence-electron chi connectivity index (χ1n) is 6.05. The van der Waals surface area contributed by atoms with Crippen molar-refractivity contribution in [1.29, 1.82) is 0 Å². The Labute approximate surface area is 114 Å². The van der Waals surface area contributed by atoms with Crippen LogP contribution in [0.15, 0.2) is 48.5 Å². The van der Waals surface area contributed by atoms with Crippen LogP contribution in [0, 0.1) is 24.2 Å². The minimum Gasteiger partial charge on any atom is -0.378 e. The van der Waals surface area contributed by atoms with E-state index in [1.165, 1.54) is 5.69 Å². The van der Waals surface area contributed by atoms with Gasteiger partial charge in [-0.1, -0.05) is 17.8 Å². The van der Waals surface area contributed by atoms with Crippen molar-refractivity contribution in [3.8, 4) is 24.2 Å². The second-order valence-corrected chi connectivity index (χ2v) is 4.41. The van der Waals surface area contributed by atoms with Crippen molar-refractivity contribution < 1.29 is 0 Å². The van der Waals surface area contributed by atoms with Gasteiger partial charge in [0.05, 0.1) is 0 Å². The van der Waals surface area contributed by atoms with Crippen LogP contribution in [0.25, 0.3) is 0 Å². The van der Waals surface area contributed by atoms with Gasteiger partial charge >= 0.3 is 0 Å². The summed E-state index contributed by atoms with van der Waals surface area (Å²) in [6.07, 6.45) is 5.31. The predicted octanol–water partition coefficient (Wildman–Crippen LogP) is 3.13. The van der Waals surface area contributed by atoms with E-state index in [0.717, 1.165) is 16.7 Å². The molecule has 0 N–H and O–H groups in total. The first-order chi connectivity index (χ1) is 9.19. The maximum atomic E-state index is 5.31. The largest absolute Gasteiger partial charge is 0.378 e. The van der Waals surface area contributed by atoms with E-state index in [2.05, 4.69) is 34.8 Å². The van der Waals surface area contributed by atoms with Gasteiger partial charge < -0.3 is 4.90 Å². The molecule has 0 bridgehead atoms. The van der Waals surface area contributed by atoms with Gasteiger partial charge in [-0.2, -0.15) is 0 Å². The monoisotopic (exact) mass is 245 g/mol. The summed E-state index contributed by atoms with van der Waals surface area (Å²) < 4.78 is 0. The Morgan fingerprint density at radius 3 is 1.58 bits per heavy atom. The van der Waals surface area contributed by atoms with Crippen molar-refractivity contribution in [2.75, 3.05) is 19.0 Å². The third-order valence-corrected chi connectivity index (χ3v) is 2.79. The van der Waals surface area contributed by atoms with Crippen LogP contribution >= 0.6 is 0 Å². The highest BCUT2D eigenvalue weighted by Crippen LogP contribution is 2.11. The molecule has 0 radical (unpaired) electrons. The molecule has 2 rings (SSSR count). The molecule has 0 unspecified atom stereocenters. The van der Waals surface area contributed by atoms with Crippen LogP contribution in [0.2, 0.25) is 0 Å². The maximum absolute atomic E-state index is 5.31. The standard InChI is InChI=1S/C18H15N/c1-4-15-5-7-16(8-6-15)9-10-17-11-13-18(14-12-17)19(2)3/h1,5-8,11-14H,2-3H3. The van der Waals surface area contributed by atoms with E-state index in [9.17, 15) is 0 Å². The quantitative estimate of drug-likeness (QED) is 0.698. The summed E-state index contributed by atoms with van der Waals surface area (Å²) in [7, 11) is 4.04. The second kappa shape index (κ2) is 5.80. The molecule has 92 valence electrons. The summed E-state index contributed by atoms with van der Waals surface area (Å²) in [5, 5.41) is 0. The number of anilines is 1. The molecule has 0 saturated carbocycles. The lowest BCUT2D eigenvalue weighted by atomic mass is 10.1. The maximum Gasteiger partial charge on any atom is 0.0361 e. The number of terminal acetylenes is 1. The Hall–Kier alpha value is -2.64. The van der Waals surface area contributed by atoms with Gasteiger partial charge in [0, 0.05) is 36.5 Å². The molecule has 2 aromatic rings. The van der Waals surface area contributed by atoms with Crippen LogP contribution in [0.4, 0.5) is 5.69 Å². The van der Waals surface area contributed by atoms with Crippen molar-refractivity contribution >= 4 is 5.69 Å². The zero-order chi connectivity index (χ0) is 13.7. The van der Waals surface area contributed by atoms with Gasteiger partial charge in [0.25, 0.3) is 0 Å². The Morgan fingerprint density at radius 1 is 0.737 bits per heavy atom. The summed E-state index contributed by atoms with van der Waals surface area (Å²) >= 11 is 0. The summed E-state index contributed by atoms with van der Waals surface area (Å²) in [5.74, 6) is 8.87. The fourth-order valence-electron chi connectivity index (χ4n) is 1.64. The van der Waals surface area contributed by atoms with Gasteiger partial charge in [-0.05, 0) is 48.5 Å². The van der Waals surface area contributed by atoms with E-state index < -0.39 is 0 Å². The van der Waals surface area contributed by atoms with Crippen molar-refractivity contribution in [3.63, 3.8) is 0 Å². The summed E-state index contributed by atoms with van der Waals surface area (Å²) in [4.78, 5) is 2.07. The lowest BCUT2D eigenvalue weighted by molar-refractivity contribution is 1.13. The first kappa shape index (κ1) is 12.8. The zero-order valence-corrected chi connectivity index (χ0v) is 11.1. The number of rotatable bonds is 1. The highest BCUT2D eigenvalue weighted by Gasteiger charge is 1.93. The van der Waals surface area contributed by atoms with E-state index in [1.807, 2.05) is 50.5 Å². The van der Waals surface area contributed by atoms with Crippen LogP contribution in [0.1, 0.15) is 16.7 Å². The molecule has 0 aliphatic rings. The Morgan fingerprint density at radius 2 is 1.16 bits per heavy atom. The number of benzene rings is 2. The zero-order valence-electron chi connectivity index (χ0n) is 11.1. The predicted molar refractivity (Wildman–Crippen MR) is 81.1 cm³/mol. The highest BCUT2D eigenvalue weighted by atomic mass is 15.1. The first-order valence-corrected chi connectivity index (χ1v) is 6.05. The van der Waals surface area contributed by atoms with Gasteiger partial charge in [0.15, 0.2) is 0 Å². The second-order valence-electron chi connectivity index (χ2n) is 4.41. The van der Waals surface area contributed by atoms with Gasteiger partial charge in [-0.3, -0.25) is 0 Å². The fraction of sp³-hybridized carbons (Fsp3) is 0.111. The van der Waals surface area contributed by atoms with Crippen molar-refractivity contribution in [2.45, 2.75) is 0 Å². The van der Waals surface area contributed by atoms with Crippen LogP contribution in [-0.4, -0.2) is 14.1 Å². The fourth-order valence-corrected chi connectivity index (χ4v) is 1.64.